The van der Waals surface area contributed by atoms with E-state index in [0.717, 1.165) is 6.42 Å². The molecule has 0 bridgehead atoms. The number of rotatable bonds is 6. The molecule has 1 atom stereocenters. The second kappa shape index (κ2) is 6.80. The number of amides is 1. The van der Waals surface area contributed by atoms with Crippen LogP contribution in [0.15, 0.2) is 0 Å². The molecule has 1 amide bonds. The zero-order valence-corrected chi connectivity index (χ0v) is 10.3. The third kappa shape index (κ3) is 8.39. The van der Waals surface area contributed by atoms with E-state index >= 15 is 0 Å². The Hall–Kier alpha value is -0.610. The van der Waals surface area contributed by atoms with Gasteiger partial charge in [-0.1, -0.05) is 6.92 Å². The molecule has 0 heterocycles. The van der Waals surface area contributed by atoms with Crippen LogP contribution in [0.3, 0.4) is 0 Å². The Morgan fingerprint density at radius 2 is 2.00 bits per heavy atom. The van der Waals surface area contributed by atoms with Gasteiger partial charge in [0.2, 0.25) is 5.91 Å². The van der Waals surface area contributed by atoms with Gasteiger partial charge in [0, 0.05) is 18.5 Å². The fraction of sp³-hybridized carbons (Fsp3) is 0.909. The number of hydrogen-bond donors (Lipinski definition) is 3. The van der Waals surface area contributed by atoms with Crippen LogP contribution >= 0.6 is 0 Å². The molecule has 0 aromatic carbocycles. The van der Waals surface area contributed by atoms with Gasteiger partial charge in [-0.2, -0.15) is 0 Å². The molecule has 90 valence electrons. The number of hydrogen-bond acceptors (Lipinski definition) is 3. The van der Waals surface area contributed by atoms with Crippen LogP contribution in [-0.2, 0) is 4.79 Å². The lowest BCUT2D eigenvalue weighted by molar-refractivity contribution is -0.122. The van der Waals surface area contributed by atoms with Crippen molar-refractivity contribution in [1.29, 1.82) is 0 Å². The van der Waals surface area contributed by atoms with E-state index in [1.165, 1.54) is 0 Å². The summed E-state index contributed by atoms with van der Waals surface area (Å²) in [4.78, 5) is 11.4. The van der Waals surface area contributed by atoms with E-state index in [1.54, 1.807) is 0 Å². The van der Waals surface area contributed by atoms with Crippen LogP contribution in [0.4, 0.5) is 0 Å². The highest BCUT2D eigenvalue weighted by Gasteiger charge is 2.11. The second-order valence-electron chi connectivity index (χ2n) is 4.78. The van der Waals surface area contributed by atoms with Gasteiger partial charge in [-0.25, -0.2) is 0 Å². The maximum atomic E-state index is 11.4. The Morgan fingerprint density at radius 3 is 2.40 bits per heavy atom. The van der Waals surface area contributed by atoms with Crippen molar-refractivity contribution >= 4 is 5.91 Å². The number of carbonyl (C=O) groups excluding carboxylic acids is 1. The molecule has 0 spiro atoms. The molecule has 0 rings (SSSR count). The highest BCUT2D eigenvalue weighted by atomic mass is 16.3. The van der Waals surface area contributed by atoms with E-state index in [0.29, 0.717) is 13.0 Å². The van der Waals surface area contributed by atoms with Gasteiger partial charge in [0.1, 0.15) is 0 Å². The number of carbonyl (C=O) groups is 1. The molecule has 4 heteroatoms. The van der Waals surface area contributed by atoms with Gasteiger partial charge in [-0.15, -0.1) is 0 Å². The lowest BCUT2D eigenvalue weighted by Crippen LogP contribution is -2.41. The molecule has 0 aliphatic rings. The summed E-state index contributed by atoms with van der Waals surface area (Å²) < 4.78 is 0. The van der Waals surface area contributed by atoms with Gasteiger partial charge in [0.15, 0.2) is 0 Å². The summed E-state index contributed by atoms with van der Waals surface area (Å²) in [6.07, 6.45) is 1.21. The van der Waals surface area contributed by atoms with Gasteiger partial charge >= 0.3 is 0 Å². The molecule has 0 aliphatic carbocycles. The molecule has 0 saturated carbocycles. The van der Waals surface area contributed by atoms with Crippen molar-refractivity contribution in [3.05, 3.63) is 0 Å². The molecular formula is C11H24N2O2. The quantitative estimate of drug-likeness (QED) is 0.611. The molecule has 0 aromatic heterocycles. The third-order valence-electron chi connectivity index (χ3n) is 2.09. The predicted octanol–water partition coefficient (Wildman–Crippen LogP) is 0.652. The number of aliphatic hydroxyl groups excluding tert-OH is 1. The zero-order valence-electron chi connectivity index (χ0n) is 10.3. The van der Waals surface area contributed by atoms with Crippen molar-refractivity contribution in [2.45, 2.75) is 52.1 Å². The van der Waals surface area contributed by atoms with Crippen LogP contribution in [-0.4, -0.2) is 35.7 Å². The molecule has 0 radical (unpaired) electrons. The van der Waals surface area contributed by atoms with E-state index in [4.69, 9.17) is 5.11 Å². The zero-order chi connectivity index (χ0) is 11.9. The standard InChI is InChI=1S/C11H24N2O2/c1-5-9(8-14)13-10(15)6-7-12-11(2,3)4/h9,12,14H,5-8H2,1-4H3,(H,13,15)/t9-/m1/s1. The maximum absolute atomic E-state index is 11.4. The molecule has 4 nitrogen and oxygen atoms in total. The van der Waals surface area contributed by atoms with Crippen molar-refractivity contribution in [3.63, 3.8) is 0 Å². The van der Waals surface area contributed by atoms with Crippen LogP contribution in [0.25, 0.3) is 0 Å². The summed E-state index contributed by atoms with van der Waals surface area (Å²) in [5, 5.41) is 14.9. The average Bonchev–Trinajstić information content (AvgIpc) is 2.12. The molecule has 0 fully saturated rings. The molecular weight excluding hydrogens is 192 g/mol. The van der Waals surface area contributed by atoms with Gasteiger partial charge < -0.3 is 15.7 Å². The van der Waals surface area contributed by atoms with Crippen LogP contribution in [0.1, 0.15) is 40.5 Å². The Morgan fingerprint density at radius 1 is 1.40 bits per heavy atom. The minimum absolute atomic E-state index is 0.00681. The Kier molecular flexibility index (Phi) is 6.52. The van der Waals surface area contributed by atoms with Crippen molar-refractivity contribution < 1.29 is 9.90 Å². The normalized spacial score (nSPS) is 13.7. The summed E-state index contributed by atoms with van der Waals surface area (Å²) in [5.74, 6) is -0.00681. The average molecular weight is 216 g/mol. The SMILES string of the molecule is CC[C@H](CO)NC(=O)CCNC(C)(C)C. The second-order valence-corrected chi connectivity index (χ2v) is 4.78. The fourth-order valence-electron chi connectivity index (χ4n) is 1.13. The monoisotopic (exact) mass is 216 g/mol. The maximum Gasteiger partial charge on any atom is 0.221 e. The van der Waals surface area contributed by atoms with E-state index in [9.17, 15) is 4.79 Å². The highest BCUT2D eigenvalue weighted by Crippen LogP contribution is 1.98. The molecule has 15 heavy (non-hydrogen) atoms. The summed E-state index contributed by atoms with van der Waals surface area (Å²) in [7, 11) is 0. The van der Waals surface area contributed by atoms with E-state index in [-0.39, 0.29) is 24.1 Å². The van der Waals surface area contributed by atoms with Crippen LogP contribution in [0.5, 0.6) is 0 Å². The van der Waals surface area contributed by atoms with Gasteiger partial charge in [0.05, 0.1) is 12.6 Å². The van der Waals surface area contributed by atoms with Crippen molar-refractivity contribution in [3.8, 4) is 0 Å². The lowest BCUT2D eigenvalue weighted by Gasteiger charge is -2.20. The first-order valence-electron chi connectivity index (χ1n) is 5.54. The highest BCUT2D eigenvalue weighted by molar-refractivity contribution is 5.76. The van der Waals surface area contributed by atoms with Crippen molar-refractivity contribution in [2.24, 2.45) is 0 Å². The summed E-state index contributed by atoms with van der Waals surface area (Å²) >= 11 is 0. The topological polar surface area (TPSA) is 61.4 Å². The molecule has 0 saturated heterocycles. The van der Waals surface area contributed by atoms with E-state index in [2.05, 4.69) is 31.4 Å². The van der Waals surface area contributed by atoms with Crippen LogP contribution in [0.2, 0.25) is 0 Å². The summed E-state index contributed by atoms with van der Waals surface area (Å²) in [6.45, 7) is 8.80. The smallest absolute Gasteiger partial charge is 0.221 e. The molecule has 0 aromatic rings. The van der Waals surface area contributed by atoms with Crippen LogP contribution < -0.4 is 10.6 Å². The first kappa shape index (κ1) is 14.4. The Balaban J connectivity index is 3.66. The lowest BCUT2D eigenvalue weighted by atomic mass is 10.1. The minimum Gasteiger partial charge on any atom is -0.394 e. The van der Waals surface area contributed by atoms with Crippen molar-refractivity contribution in [1.82, 2.24) is 10.6 Å². The molecule has 3 N–H and O–H groups in total. The first-order chi connectivity index (χ1) is 6.89. The third-order valence-corrected chi connectivity index (χ3v) is 2.09. The number of aliphatic hydroxyl groups is 1. The van der Waals surface area contributed by atoms with E-state index in [1.807, 2.05) is 6.92 Å². The molecule has 0 aliphatic heterocycles. The van der Waals surface area contributed by atoms with E-state index < -0.39 is 0 Å². The van der Waals surface area contributed by atoms with Crippen molar-refractivity contribution in [2.75, 3.05) is 13.2 Å². The van der Waals surface area contributed by atoms with Crippen LogP contribution in [0, 0.1) is 0 Å². The largest absolute Gasteiger partial charge is 0.394 e. The molecule has 0 unspecified atom stereocenters. The Bertz CT molecular complexity index is 184. The predicted molar refractivity (Wildman–Crippen MR) is 61.7 cm³/mol. The minimum atomic E-state index is -0.105. The summed E-state index contributed by atoms with van der Waals surface area (Å²) in [6, 6.07) is -0.105. The fourth-order valence-corrected chi connectivity index (χ4v) is 1.13. The first-order valence-corrected chi connectivity index (χ1v) is 5.54. The summed E-state index contributed by atoms with van der Waals surface area (Å²) in [5.41, 5.74) is 0.0431. The number of nitrogens with one attached hydrogen (secondary N) is 2. The van der Waals surface area contributed by atoms with Gasteiger partial charge in [-0.3, -0.25) is 4.79 Å². The Labute approximate surface area is 92.4 Å². The van der Waals surface area contributed by atoms with Gasteiger partial charge in [-0.05, 0) is 27.2 Å². The van der Waals surface area contributed by atoms with Gasteiger partial charge in [0.25, 0.3) is 0 Å².